The van der Waals surface area contributed by atoms with Gasteiger partial charge in [-0.1, -0.05) is 24.3 Å². The van der Waals surface area contributed by atoms with Crippen molar-refractivity contribution in [2.45, 2.75) is 20.1 Å². The quantitative estimate of drug-likeness (QED) is 0.457. The summed E-state index contributed by atoms with van der Waals surface area (Å²) in [5.41, 5.74) is 2.83. The molecule has 2 aromatic carbocycles. The number of carbonyl (C=O) groups is 1. The van der Waals surface area contributed by atoms with Gasteiger partial charge in [-0.2, -0.15) is 5.10 Å². The molecule has 0 aliphatic rings. The Morgan fingerprint density at radius 1 is 1.16 bits per heavy atom. The Hall–Kier alpha value is -3.94. The lowest BCUT2D eigenvalue weighted by molar-refractivity contribution is 0.0992. The van der Waals surface area contributed by atoms with Gasteiger partial charge in [-0.25, -0.2) is 8.78 Å². The van der Waals surface area contributed by atoms with Crippen molar-refractivity contribution in [1.29, 1.82) is 0 Å². The van der Waals surface area contributed by atoms with Gasteiger partial charge in [0.25, 0.3) is 5.91 Å². The number of hydrogen-bond acceptors (Lipinski definition) is 4. The highest BCUT2D eigenvalue weighted by atomic mass is 19.1. The zero-order valence-electron chi connectivity index (χ0n) is 16.6. The third kappa shape index (κ3) is 4.98. The van der Waals surface area contributed by atoms with Crippen LogP contribution in [0.2, 0.25) is 0 Å². The van der Waals surface area contributed by atoms with E-state index in [-0.39, 0.29) is 18.1 Å². The molecule has 8 heteroatoms. The maximum absolute atomic E-state index is 13.6. The van der Waals surface area contributed by atoms with Crippen LogP contribution in [0.5, 0.6) is 5.75 Å². The molecule has 0 fully saturated rings. The van der Waals surface area contributed by atoms with Crippen LogP contribution in [-0.4, -0.2) is 15.7 Å². The highest BCUT2D eigenvalue weighted by molar-refractivity contribution is 6.02. The van der Waals surface area contributed by atoms with Crippen LogP contribution >= 0.6 is 0 Å². The van der Waals surface area contributed by atoms with E-state index in [1.165, 1.54) is 12.1 Å². The molecule has 0 atom stereocenters. The van der Waals surface area contributed by atoms with Crippen molar-refractivity contribution < 1.29 is 22.7 Å². The highest BCUT2D eigenvalue weighted by Crippen LogP contribution is 2.20. The number of amides is 1. The number of carbonyl (C=O) groups excluding carboxylic acids is 1. The molecule has 0 saturated heterocycles. The summed E-state index contributed by atoms with van der Waals surface area (Å²) in [5, 5.41) is 6.99. The SMILES string of the molecule is Cc1ccccc1Cn1cc(NC(=O)c2ccc(COc3ccc(F)cc3F)o2)cn1. The maximum Gasteiger partial charge on any atom is 0.291 e. The predicted octanol–water partition coefficient (Wildman–Crippen LogP) is 4.94. The van der Waals surface area contributed by atoms with E-state index >= 15 is 0 Å². The molecule has 0 saturated carbocycles. The predicted molar refractivity (Wildman–Crippen MR) is 110 cm³/mol. The molecule has 4 rings (SSSR count). The van der Waals surface area contributed by atoms with Gasteiger partial charge in [0, 0.05) is 12.3 Å². The molecule has 2 aromatic heterocycles. The molecule has 0 unspecified atom stereocenters. The molecule has 0 spiro atoms. The van der Waals surface area contributed by atoms with E-state index in [0.29, 0.717) is 18.0 Å². The highest BCUT2D eigenvalue weighted by Gasteiger charge is 2.14. The van der Waals surface area contributed by atoms with Crippen molar-refractivity contribution >= 4 is 11.6 Å². The summed E-state index contributed by atoms with van der Waals surface area (Å²) < 4.78 is 39.0. The lowest BCUT2D eigenvalue weighted by Crippen LogP contribution is -2.10. The number of benzene rings is 2. The third-order valence-corrected chi connectivity index (χ3v) is 4.63. The van der Waals surface area contributed by atoms with Crippen molar-refractivity contribution in [3.8, 4) is 5.75 Å². The van der Waals surface area contributed by atoms with Crippen LogP contribution in [0.1, 0.15) is 27.4 Å². The van der Waals surface area contributed by atoms with Crippen molar-refractivity contribution in [2.24, 2.45) is 0 Å². The van der Waals surface area contributed by atoms with Crippen molar-refractivity contribution in [3.63, 3.8) is 0 Å². The molecule has 4 aromatic rings. The minimum Gasteiger partial charge on any atom is -0.483 e. The van der Waals surface area contributed by atoms with Crippen LogP contribution in [0.3, 0.4) is 0 Å². The Morgan fingerprint density at radius 3 is 2.81 bits per heavy atom. The number of nitrogens with one attached hydrogen (secondary N) is 1. The van der Waals surface area contributed by atoms with Gasteiger partial charge in [0.05, 0.1) is 18.4 Å². The first-order valence-corrected chi connectivity index (χ1v) is 9.53. The molecule has 0 aliphatic carbocycles. The molecule has 0 bridgehead atoms. The molecule has 0 radical (unpaired) electrons. The molecular weight excluding hydrogens is 404 g/mol. The van der Waals surface area contributed by atoms with Gasteiger partial charge < -0.3 is 14.5 Å². The zero-order chi connectivity index (χ0) is 21.8. The second-order valence-corrected chi connectivity index (χ2v) is 6.94. The van der Waals surface area contributed by atoms with E-state index in [9.17, 15) is 13.6 Å². The molecule has 2 heterocycles. The number of halogens is 2. The Morgan fingerprint density at radius 2 is 2.00 bits per heavy atom. The van der Waals surface area contributed by atoms with Crippen molar-refractivity contribution in [2.75, 3.05) is 5.32 Å². The smallest absolute Gasteiger partial charge is 0.291 e. The third-order valence-electron chi connectivity index (χ3n) is 4.63. The Balaban J connectivity index is 1.35. The Kier molecular flexibility index (Phi) is 5.79. The lowest BCUT2D eigenvalue weighted by Gasteiger charge is -2.05. The van der Waals surface area contributed by atoms with Crippen LogP contribution < -0.4 is 10.1 Å². The normalized spacial score (nSPS) is 10.8. The van der Waals surface area contributed by atoms with Crippen LogP contribution in [0, 0.1) is 18.6 Å². The first-order chi connectivity index (χ1) is 15.0. The van der Waals surface area contributed by atoms with Crippen LogP contribution in [0.4, 0.5) is 14.5 Å². The van der Waals surface area contributed by atoms with E-state index in [4.69, 9.17) is 9.15 Å². The van der Waals surface area contributed by atoms with Gasteiger partial charge in [-0.15, -0.1) is 0 Å². The minimum atomic E-state index is -0.813. The largest absolute Gasteiger partial charge is 0.483 e. The summed E-state index contributed by atoms with van der Waals surface area (Å²) in [4.78, 5) is 12.4. The van der Waals surface area contributed by atoms with E-state index in [1.54, 1.807) is 23.1 Å². The summed E-state index contributed by atoms with van der Waals surface area (Å²) in [7, 11) is 0. The van der Waals surface area contributed by atoms with E-state index in [1.807, 2.05) is 31.2 Å². The van der Waals surface area contributed by atoms with Gasteiger partial charge in [-0.3, -0.25) is 9.48 Å². The van der Waals surface area contributed by atoms with Gasteiger partial charge >= 0.3 is 0 Å². The van der Waals surface area contributed by atoms with E-state index < -0.39 is 17.5 Å². The number of ether oxygens (including phenoxy) is 1. The number of furan rings is 1. The monoisotopic (exact) mass is 423 g/mol. The number of aryl methyl sites for hydroxylation is 1. The number of rotatable bonds is 7. The number of aromatic nitrogens is 2. The average Bonchev–Trinajstić information content (AvgIpc) is 3.39. The summed E-state index contributed by atoms with van der Waals surface area (Å²) in [6, 6.07) is 14.1. The molecular formula is C23H19F2N3O3. The zero-order valence-corrected chi connectivity index (χ0v) is 16.6. The van der Waals surface area contributed by atoms with Crippen LogP contribution in [-0.2, 0) is 13.2 Å². The molecule has 31 heavy (non-hydrogen) atoms. The fraction of sp³-hybridized carbons (Fsp3) is 0.130. The Bertz CT molecular complexity index is 1220. The topological polar surface area (TPSA) is 69.3 Å². The molecule has 1 amide bonds. The second-order valence-electron chi connectivity index (χ2n) is 6.94. The summed E-state index contributed by atoms with van der Waals surface area (Å²) in [6.07, 6.45) is 3.29. The van der Waals surface area contributed by atoms with Crippen molar-refractivity contribution in [1.82, 2.24) is 9.78 Å². The Labute approximate surface area is 177 Å². The molecule has 0 aliphatic heterocycles. The van der Waals surface area contributed by atoms with E-state index in [0.717, 1.165) is 23.3 Å². The van der Waals surface area contributed by atoms with Crippen LogP contribution in [0.15, 0.2) is 71.4 Å². The standard InChI is InChI=1S/C23H19F2N3O3/c1-15-4-2-3-5-16(15)12-28-13-18(11-26-28)27-23(29)22-9-7-19(31-22)14-30-21-8-6-17(24)10-20(21)25/h2-11,13H,12,14H2,1H3,(H,27,29). The fourth-order valence-electron chi connectivity index (χ4n) is 2.99. The van der Waals surface area contributed by atoms with Gasteiger partial charge in [-0.05, 0) is 42.3 Å². The molecule has 1 N–H and O–H groups in total. The first-order valence-electron chi connectivity index (χ1n) is 9.53. The number of nitrogens with zero attached hydrogens (tertiary/aromatic N) is 2. The average molecular weight is 423 g/mol. The van der Waals surface area contributed by atoms with E-state index in [2.05, 4.69) is 10.4 Å². The van der Waals surface area contributed by atoms with Gasteiger partial charge in [0.15, 0.2) is 17.3 Å². The van der Waals surface area contributed by atoms with Crippen molar-refractivity contribution in [3.05, 3.63) is 101 Å². The maximum atomic E-state index is 13.6. The van der Waals surface area contributed by atoms with Crippen LogP contribution in [0.25, 0.3) is 0 Å². The minimum absolute atomic E-state index is 0.0739. The first kappa shape index (κ1) is 20.3. The lowest BCUT2D eigenvalue weighted by atomic mass is 10.1. The fourth-order valence-corrected chi connectivity index (χ4v) is 2.99. The molecule has 158 valence electrons. The van der Waals surface area contributed by atoms with Gasteiger partial charge in [0.1, 0.15) is 18.2 Å². The second kappa shape index (κ2) is 8.83. The number of anilines is 1. The summed E-state index contributed by atoms with van der Waals surface area (Å²) in [5.74, 6) is -1.66. The number of hydrogen-bond donors (Lipinski definition) is 1. The summed E-state index contributed by atoms with van der Waals surface area (Å²) in [6.45, 7) is 2.51. The molecule has 6 nitrogen and oxygen atoms in total. The van der Waals surface area contributed by atoms with Gasteiger partial charge in [0.2, 0.25) is 0 Å². The summed E-state index contributed by atoms with van der Waals surface area (Å²) >= 11 is 0.